The molecule has 0 radical (unpaired) electrons. The quantitative estimate of drug-likeness (QED) is 0.666. The van der Waals surface area contributed by atoms with Crippen LogP contribution < -0.4 is 4.74 Å². The van der Waals surface area contributed by atoms with Gasteiger partial charge < -0.3 is 4.74 Å². The third-order valence-corrected chi connectivity index (χ3v) is 4.66. The highest BCUT2D eigenvalue weighted by Gasteiger charge is 2.16. The van der Waals surface area contributed by atoms with Crippen LogP contribution >= 0.6 is 11.3 Å². The summed E-state index contributed by atoms with van der Waals surface area (Å²) in [5, 5.41) is 14.1. The van der Waals surface area contributed by atoms with Crippen molar-refractivity contribution in [1.82, 2.24) is 24.7 Å². The summed E-state index contributed by atoms with van der Waals surface area (Å²) in [5.74, 6) is 1.73. The monoisotopic (exact) mass is 331 g/mol. The van der Waals surface area contributed by atoms with Crippen LogP contribution in [0.25, 0.3) is 15.5 Å². The maximum absolute atomic E-state index is 5.71. The van der Waals surface area contributed by atoms with E-state index in [1.54, 1.807) is 0 Å². The number of nitrogens with zero attached hydrogens (tertiary/aromatic N) is 5. The number of ether oxygens (including phenoxy) is 1. The second kappa shape index (κ2) is 7.06. The minimum absolute atomic E-state index is 0.633. The van der Waals surface area contributed by atoms with Crippen molar-refractivity contribution >= 4 is 16.3 Å². The van der Waals surface area contributed by atoms with Gasteiger partial charge in [0.05, 0.1) is 18.7 Å². The molecule has 0 bridgehead atoms. The normalized spacial score (nSPS) is 11.5. The van der Waals surface area contributed by atoms with Crippen molar-refractivity contribution in [3.05, 3.63) is 30.1 Å². The average molecular weight is 331 g/mol. The number of hydrogen-bond donors (Lipinski definition) is 0. The van der Waals surface area contributed by atoms with E-state index < -0.39 is 0 Å². The highest BCUT2D eigenvalue weighted by molar-refractivity contribution is 7.19. The van der Waals surface area contributed by atoms with Gasteiger partial charge in [0.1, 0.15) is 5.75 Å². The van der Waals surface area contributed by atoms with E-state index in [1.807, 2.05) is 35.7 Å². The van der Waals surface area contributed by atoms with Crippen LogP contribution in [0, 0.1) is 0 Å². The first kappa shape index (κ1) is 15.9. The van der Waals surface area contributed by atoms with Crippen molar-refractivity contribution in [2.75, 3.05) is 19.7 Å². The number of rotatable bonds is 7. The summed E-state index contributed by atoms with van der Waals surface area (Å²) in [4.78, 5) is 3.11. The van der Waals surface area contributed by atoms with Crippen LogP contribution in [0.15, 0.2) is 24.3 Å². The molecule has 0 N–H and O–H groups in total. The zero-order chi connectivity index (χ0) is 16.2. The number of aromatic nitrogens is 4. The Labute approximate surface area is 139 Å². The predicted molar refractivity (Wildman–Crippen MR) is 91.9 cm³/mol. The molecule has 0 spiro atoms. The third-order valence-electron chi connectivity index (χ3n) is 3.73. The van der Waals surface area contributed by atoms with Gasteiger partial charge in [-0.25, -0.2) is 0 Å². The molecule has 0 aliphatic carbocycles. The van der Waals surface area contributed by atoms with E-state index in [2.05, 4.69) is 28.9 Å². The fourth-order valence-electron chi connectivity index (χ4n) is 2.44. The molecule has 0 unspecified atom stereocenters. The molecule has 3 rings (SSSR count). The van der Waals surface area contributed by atoms with Crippen LogP contribution in [0.4, 0.5) is 0 Å². The predicted octanol–water partition coefficient (Wildman–Crippen LogP) is 3.09. The lowest BCUT2D eigenvalue weighted by Gasteiger charge is -2.15. The van der Waals surface area contributed by atoms with Crippen molar-refractivity contribution in [3.63, 3.8) is 0 Å². The first-order valence-corrected chi connectivity index (χ1v) is 8.74. The molecule has 3 aromatic rings. The van der Waals surface area contributed by atoms with Crippen LogP contribution in [-0.4, -0.2) is 44.4 Å². The van der Waals surface area contributed by atoms with Gasteiger partial charge in [-0.15, -0.1) is 10.2 Å². The van der Waals surface area contributed by atoms with Crippen molar-refractivity contribution in [3.8, 4) is 16.3 Å². The SMILES string of the molecule is CCOc1ccccc1-c1nn2c(CN(CC)CC)nnc2s1. The largest absolute Gasteiger partial charge is 0.493 e. The van der Waals surface area contributed by atoms with Crippen molar-refractivity contribution in [2.45, 2.75) is 27.3 Å². The summed E-state index contributed by atoms with van der Waals surface area (Å²) < 4.78 is 7.55. The molecule has 6 nitrogen and oxygen atoms in total. The number of hydrogen-bond acceptors (Lipinski definition) is 6. The van der Waals surface area contributed by atoms with Crippen molar-refractivity contribution < 1.29 is 4.74 Å². The Bertz CT molecular complexity index is 778. The Balaban J connectivity index is 1.97. The highest BCUT2D eigenvalue weighted by Crippen LogP contribution is 2.33. The molecule has 1 aromatic carbocycles. The van der Waals surface area contributed by atoms with Crippen molar-refractivity contribution in [2.24, 2.45) is 0 Å². The summed E-state index contributed by atoms with van der Waals surface area (Å²) in [5.41, 5.74) is 0.999. The molecule has 122 valence electrons. The van der Waals surface area contributed by atoms with Crippen LogP contribution in [0.5, 0.6) is 5.75 Å². The van der Waals surface area contributed by atoms with E-state index in [1.165, 1.54) is 11.3 Å². The van der Waals surface area contributed by atoms with E-state index in [4.69, 9.17) is 9.84 Å². The summed E-state index contributed by atoms with van der Waals surface area (Å²) >= 11 is 1.53. The second-order valence-corrected chi connectivity index (χ2v) is 6.06. The molecule has 23 heavy (non-hydrogen) atoms. The Kier molecular flexibility index (Phi) is 4.88. The minimum Gasteiger partial charge on any atom is -0.493 e. The lowest BCUT2D eigenvalue weighted by molar-refractivity contribution is 0.286. The summed E-state index contributed by atoms with van der Waals surface area (Å²) in [6.07, 6.45) is 0. The molecule has 2 aromatic heterocycles. The standard InChI is InChI=1S/C16H21N5OS/c1-4-20(5-2)11-14-17-18-16-21(14)19-15(23-16)12-9-7-8-10-13(12)22-6-3/h7-10H,4-6,11H2,1-3H3. The molecular formula is C16H21N5OS. The van der Waals surface area contributed by atoms with Gasteiger partial charge in [0.2, 0.25) is 4.96 Å². The van der Waals surface area contributed by atoms with Crippen LogP contribution in [0.1, 0.15) is 26.6 Å². The summed E-state index contributed by atoms with van der Waals surface area (Å²) in [6, 6.07) is 7.97. The molecule has 7 heteroatoms. The van der Waals surface area contributed by atoms with Gasteiger partial charge in [-0.2, -0.15) is 9.61 Å². The van der Waals surface area contributed by atoms with Crippen LogP contribution in [0.2, 0.25) is 0 Å². The number of para-hydroxylation sites is 1. The van der Waals surface area contributed by atoms with Gasteiger partial charge in [0, 0.05) is 0 Å². The maximum atomic E-state index is 5.71. The first-order valence-electron chi connectivity index (χ1n) is 7.92. The van der Waals surface area contributed by atoms with Gasteiger partial charge in [0.25, 0.3) is 0 Å². The number of fused-ring (bicyclic) bond motifs is 1. The highest BCUT2D eigenvalue weighted by atomic mass is 32.1. The molecule has 0 saturated carbocycles. The zero-order valence-electron chi connectivity index (χ0n) is 13.7. The van der Waals surface area contributed by atoms with Gasteiger partial charge >= 0.3 is 0 Å². The van der Waals surface area contributed by atoms with Gasteiger partial charge in [-0.05, 0) is 32.1 Å². The fourth-order valence-corrected chi connectivity index (χ4v) is 3.33. The molecular weight excluding hydrogens is 310 g/mol. The zero-order valence-corrected chi connectivity index (χ0v) is 14.5. The minimum atomic E-state index is 0.633. The Morgan fingerprint density at radius 1 is 1.13 bits per heavy atom. The van der Waals surface area contributed by atoms with Gasteiger partial charge in [0.15, 0.2) is 10.8 Å². The van der Waals surface area contributed by atoms with E-state index in [-0.39, 0.29) is 0 Å². The van der Waals surface area contributed by atoms with Crippen molar-refractivity contribution in [1.29, 1.82) is 0 Å². The molecule has 0 amide bonds. The Morgan fingerprint density at radius 2 is 1.91 bits per heavy atom. The third kappa shape index (κ3) is 3.20. The second-order valence-electron chi connectivity index (χ2n) is 5.11. The molecule has 0 aliphatic heterocycles. The molecule has 0 aliphatic rings. The van der Waals surface area contributed by atoms with Gasteiger partial charge in [-0.3, -0.25) is 4.90 Å². The van der Waals surface area contributed by atoms with E-state index in [0.717, 1.165) is 46.7 Å². The summed E-state index contributed by atoms with van der Waals surface area (Å²) in [7, 11) is 0. The first-order chi connectivity index (χ1) is 11.3. The topological polar surface area (TPSA) is 55.6 Å². The Hall–Kier alpha value is -1.99. The van der Waals surface area contributed by atoms with Crippen LogP contribution in [0.3, 0.4) is 0 Å². The molecule has 2 heterocycles. The lowest BCUT2D eigenvalue weighted by Crippen LogP contribution is -2.23. The average Bonchev–Trinajstić information content (AvgIpc) is 3.15. The van der Waals surface area contributed by atoms with Gasteiger partial charge in [-0.1, -0.05) is 37.3 Å². The maximum Gasteiger partial charge on any atom is 0.235 e. The molecule has 0 atom stereocenters. The van der Waals surface area contributed by atoms with E-state index in [0.29, 0.717) is 6.61 Å². The molecule has 0 saturated heterocycles. The summed E-state index contributed by atoms with van der Waals surface area (Å²) in [6.45, 7) is 9.63. The van der Waals surface area contributed by atoms with Crippen LogP contribution in [-0.2, 0) is 6.54 Å². The van der Waals surface area contributed by atoms with E-state index >= 15 is 0 Å². The molecule has 0 fully saturated rings. The van der Waals surface area contributed by atoms with E-state index in [9.17, 15) is 0 Å². The fraction of sp³-hybridized carbons (Fsp3) is 0.438. The Morgan fingerprint density at radius 3 is 2.65 bits per heavy atom. The smallest absolute Gasteiger partial charge is 0.235 e. The lowest BCUT2D eigenvalue weighted by atomic mass is 10.2. The number of benzene rings is 1.